The van der Waals surface area contributed by atoms with Gasteiger partial charge in [0.15, 0.2) is 0 Å². The zero-order valence-electron chi connectivity index (χ0n) is 12.0. The highest BCUT2D eigenvalue weighted by atomic mass is 16.5. The number of anilines is 2. The molecule has 0 aromatic carbocycles. The average Bonchev–Trinajstić information content (AvgIpc) is 2.50. The number of hydrogen-bond donors (Lipinski definition) is 2. The number of aromatic nitrogens is 2. The fourth-order valence-corrected chi connectivity index (χ4v) is 2.79. The van der Waals surface area contributed by atoms with E-state index in [4.69, 9.17) is 16.2 Å². The van der Waals surface area contributed by atoms with Crippen LogP contribution in [-0.4, -0.2) is 23.2 Å². The summed E-state index contributed by atoms with van der Waals surface area (Å²) in [7, 11) is 0. The van der Waals surface area contributed by atoms with Crippen molar-refractivity contribution < 1.29 is 4.74 Å². The van der Waals surface area contributed by atoms with Crippen LogP contribution in [0.25, 0.3) is 11.3 Å². The lowest BCUT2D eigenvalue weighted by Crippen LogP contribution is -2.19. The second-order valence-corrected chi connectivity index (χ2v) is 5.50. The molecule has 1 aliphatic heterocycles. The Morgan fingerprint density at radius 2 is 2.10 bits per heavy atom. The first-order valence-corrected chi connectivity index (χ1v) is 7.27. The zero-order valence-corrected chi connectivity index (χ0v) is 12.0. The smallest absolute Gasteiger partial charge is 0.124 e. The molecule has 0 bridgehead atoms. The minimum absolute atomic E-state index is 0.490. The van der Waals surface area contributed by atoms with Crippen LogP contribution in [0.3, 0.4) is 0 Å². The van der Waals surface area contributed by atoms with E-state index >= 15 is 0 Å². The Balaban J connectivity index is 1.92. The number of nitrogens with zero attached hydrogens (tertiary/aromatic N) is 2. The molecule has 5 nitrogen and oxygen atoms in total. The molecule has 1 fully saturated rings. The number of ether oxygens (including phenoxy) is 1. The quantitative estimate of drug-likeness (QED) is 0.903. The number of hydrogen-bond acceptors (Lipinski definition) is 5. The van der Waals surface area contributed by atoms with Crippen molar-refractivity contribution in [1.29, 1.82) is 0 Å². The molecule has 5 heteroatoms. The van der Waals surface area contributed by atoms with Crippen LogP contribution >= 0.6 is 0 Å². The molecule has 0 aliphatic carbocycles. The maximum atomic E-state index is 5.85. The van der Waals surface area contributed by atoms with Crippen molar-refractivity contribution in [2.75, 3.05) is 24.7 Å². The largest absolute Gasteiger partial charge is 0.384 e. The Morgan fingerprint density at radius 3 is 2.86 bits per heavy atom. The van der Waals surface area contributed by atoms with Crippen LogP contribution in [0.15, 0.2) is 30.5 Å². The molecule has 2 aromatic heterocycles. The molecule has 0 unspecified atom stereocenters. The number of pyridine rings is 2. The van der Waals surface area contributed by atoms with Gasteiger partial charge in [-0.3, -0.25) is 0 Å². The molecule has 0 spiro atoms. The molecule has 2 aromatic rings. The summed E-state index contributed by atoms with van der Waals surface area (Å²) in [5, 5.41) is 0. The van der Waals surface area contributed by atoms with E-state index in [1.165, 1.54) is 12.0 Å². The average molecular weight is 284 g/mol. The van der Waals surface area contributed by atoms with Gasteiger partial charge in [0.25, 0.3) is 0 Å². The highest BCUT2D eigenvalue weighted by Crippen LogP contribution is 2.28. The van der Waals surface area contributed by atoms with E-state index in [1.807, 2.05) is 18.2 Å². The Labute approximate surface area is 124 Å². The van der Waals surface area contributed by atoms with Gasteiger partial charge < -0.3 is 16.2 Å². The molecule has 21 heavy (non-hydrogen) atoms. The van der Waals surface area contributed by atoms with Crippen molar-refractivity contribution >= 4 is 11.6 Å². The number of nitrogen functional groups attached to an aromatic ring is 2. The highest BCUT2D eigenvalue weighted by Gasteiger charge is 2.17. The van der Waals surface area contributed by atoms with Crippen LogP contribution in [0, 0.1) is 5.92 Å². The molecule has 1 aliphatic rings. The van der Waals surface area contributed by atoms with Crippen molar-refractivity contribution in [2.45, 2.75) is 19.3 Å². The lowest BCUT2D eigenvalue weighted by molar-refractivity contribution is 0.0550. The van der Waals surface area contributed by atoms with Crippen LogP contribution in [-0.2, 0) is 11.2 Å². The molecule has 1 atom stereocenters. The van der Waals surface area contributed by atoms with Crippen molar-refractivity contribution in [3.63, 3.8) is 0 Å². The van der Waals surface area contributed by atoms with Gasteiger partial charge in [-0.05, 0) is 48.9 Å². The van der Waals surface area contributed by atoms with Gasteiger partial charge in [-0.15, -0.1) is 0 Å². The highest BCUT2D eigenvalue weighted by molar-refractivity contribution is 5.67. The van der Waals surface area contributed by atoms with Crippen LogP contribution < -0.4 is 11.5 Å². The first-order chi connectivity index (χ1) is 10.2. The second kappa shape index (κ2) is 6.10. The van der Waals surface area contributed by atoms with Gasteiger partial charge in [0.05, 0.1) is 5.69 Å². The van der Waals surface area contributed by atoms with E-state index in [-0.39, 0.29) is 0 Å². The summed E-state index contributed by atoms with van der Waals surface area (Å²) in [6, 6.07) is 7.66. The van der Waals surface area contributed by atoms with E-state index in [2.05, 4.69) is 16.0 Å². The SMILES string of the molecule is Nc1cc(-c2nc(N)ccc2C[C@H]2CCCOC2)ccn1. The standard InChI is InChI=1S/C16H20N4O/c17-14-4-3-12(8-11-2-1-7-21-10-11)16(20-14)13-5-6-19-15(18)9-13/h3-6,9,11H,1-2,7-8,10H2,(H2,17,20)(H2,18,19)/t11-/m1/s1. The molecular weight excluding hydrogens is 264 g/mol. The van der Waals surface area contributed by atoms with Crippen LogP contribution in [0.5, 0.6) is 0 Å². The predicted octanol–water partition coefficient (Wildman–Crippen LogP) is 2.28. The molecule has 110 valence electrons. The fourth-order valence-electron chi connectivity index (χ4n) is 2.79. The Hall–Kier alpha value is -2.14. The van der Waals surface area contributed by atoms with E-state index in [0.717, 1.165) is 37.3 Å². The first-order valence-electron chi connectivity index (χ1n) is 7.27. The minimum Gasteiger partial charge on any atom is -0.384 e. The summed E-state index contributed by atoms with van der Waals surface area (Å²) >= 11 is 0. The molecule has 0 saturated carbocycles. The first kappa shape index (κ1) is 13.8. The molecule has 4 N–H and O–H groups in total. The number of rotatable bonds is 3. The lowest BCUT2D eigenvalue weighted by atomic mass is 9.92. The van der Waals surface area contributed by atoms with Gasteiger partial charge in [0.1, 0.15) is 11.6 Å². The summed E-state index contributed by atoms with van der Waals surface area (Å²) in [5.74, 6) is 1.55. The maximum Gasteiger partial charge on any atom is 0.124 e. The zero-order chi connectivity index (χ0) is 14.7. The van der Waals surface area contributed by atoms with Crippen molar-refractivity contribution in [2.24, 2.45) is 5.92 Å². The third-order valence-corrected chi connectivity index (χ3v) is 3.82. The molecular formula is C16H20N4O. The van der Waals surface area contributed by atoms with Crippen molar-refractivity contribution in [1.82, 2.24) is 9.97 Å². The van der Waals surface area contributed by atoms with Gasteiger partial charge in [-0.1, -0.05) is 6.07 Å². The van der Waals surface area contributed by atoms with E-state index < -0.39 is 0 Å². The topological polar surface area (TPSA) is 87.0 Å². The van der Waals surface area contributed by atoms with E-state index in [1.54, 1.807) is 6.20 Å². The third-order valence-electron chi connectivity index (χ3n) is 3.82. The van der Waals surface area contributed by atoms with Crippen molar-refractivity contribution in [3.05, 3.63) is 36.0 Å². The molecule has 3 rings (SSSR count). The van der Waals surface area contributed by atoms with Crippen LogP contribution in [0.4, 0.5) is 11.6 Å². The Morgan fingerprint density at radius 1 is 1.19 bits per heavy atom. The minimum atomic E-state index is 0.490. The van der Waals surface area contributed by atoms with Crippen LogP contribution in [0.1, 0.15) is 18.4 Å². The molecule has 0 amide bonds. The molecule has 1 saturated heterocycles. The second-order valence-electron chi connectivity index (χ2n) is 5.50. The van der Waals surface area contributed by atoms with Gasteiger partial charge in [0.2, 0.25) is 0 Å². The lowest BCUT2D eigenvalue weighted by Gasteiger charge is -2.23. The third kappa shape index (κ3) is 3.31. The van der Waals surface area contributed by atoms with Gasteiger partial charge >= 0.3 is 0 Å². The Kier molecular flexibility index (Phi) is 4.01. The number of nitrogens with two attached hydrogens (primary N) is 2. The molecule has 3 heterocycles. The summed E-state index contributed by atoms with van der Waals surface area (Å²) in [5.41, 5.74) is 14.7. The van der Waals surface area contributed by atoms with Gasteiger partial charge in [0, 0.05) is 25.0 Å². The summed E-state index contributed by atoms with van der Waals surface area (Å²) in [6.45, 7) is 1.70. The van der Waals surface area contributed by atoms with Crippen LogP contribution in [0.2, 0.25) is 0 Å². The van der Waals surface area contributed by atoms with Gasteiger partial charge in [-0.25, -0.2) is 9.97 Å². The normalized spacial score (nSPS) is 18.6. The summed E-state index contributed by atoms with van der Waals surface area (Å²) < 4.78 is 5.57. The maximum absolute atomic E-state index is 5.85. The monoisotopic (exact) mass is 284 g/mol. The van der Waals surface area contributed by atoms with E-state index in [0.29, 0.717) is 17.6 Å². The Bertz CT molecular complexity index is 623. The predicted molar refractivity (Wildman–Crippen MR) is 83.5 cm³/mol. The molecule has 0 radical (unpaired) electrons. The van der Waals surface area contributed by atoms with Crippen molar-refractivity contribution in [3.8, 4) is 11.3 Å². The summed E-state index contributed by atoms with van der Waals surface area (Å²) in [6.07, 6.45) is 4.97. The summed E-state index contributed by atoms with van der Waals surface area (Å²) in [4.78, 5) is 8.54. The van der Waals surface area contributed by atoms with Gasteiger partial charge in [-0.2, -0.15) is 0 Å². The fraction of sp³-hybridized carbons (Fsp3) is 0.375. The van der Waals surface area contributed by atoms with E-state index in [9.17, 15) is 0 Å².